The number of nitrogen functional groups attached to an aromatic ring is 1. The number of nitrogens with zero attached hydrogens (tertiary/aromatic N) is 1. The molecule has 4 aromatic heterocycles. The van der Waals surface area contributed by atoms with Crippen LogP contribution in [0.1, 0.15) is 11.4 Å². The number of benzene rings is 3. The van der Waals surface area contributed by atoms with E-state index in [-0.39, 0.29) is 55.7 Å². The molecular formula is C37H17F10N5. The van der Waals surface area contributed by atoms with Gasteiger partial charge < -0.3 is 20.7 Å². The van der Waals surface area contributed by atoms with Crippen LogP contribution < -0.4 is 5.73 Å². The van der Waals surface area contributed by atoms with Crippen molar-refractivity contribution in [2.75, 3.05) is 5.73 Å². The Labute approximate surface area is 284 Å². The number of aromatic amines is 3. The molecule has 0 radical (unpaired) electrons. The summed E-state index contributed by atoms with van der Waals surface area (Å²) in [7, 11) is 0. The van der Waals surface area contributed by atoms with E-state index >= 15 is 17.6 Å². The van der Waals surface area contributed by atoms with Gasteiger partial charge in [-0.05, 0) is 54.6 Å². The summed E-state index contributed by atoms with van der Waals surface area (Å²) in [4.78, 5) is 13.1. The predicted octanol–water partition coefficient (Wildman–Crippen LogP) is 10.7. The number of H-pyrrole nitrogens is 3. The average molecular weight is 722 g/mol. The van der Waals surface area contributed by atoms with E-state index in [1.807, 2.05) is 0 Å². The first-order valence-corrected chi connectivity index (χ1v) is 15.1. The summed E-state index contributed by atoms with van der Waals surface area (Å²) in [5, 5.41) is 0. The molecule has 0 saturated heterocycles. The van der Waals surface area contributed by atoms with E-state index in [9.17, 15) is 26.3 Å². The second-order valence-electron chi connectivity index (χ2n) is 11.7. The lowest BCUT2D eigenvalue weighted by atomic mass is 10.0. The zero-order chi connectivity index (χ0) is 36.7. The fourth-order valence-electron chi connectivity index (χ4n) is 6.34. The van der Waals surface area contributed by atoms with Crippen molar-refractivity contribution in [3.63, 3.8) is 0 Å². The van der Waals surface area contributed by atoms with Crippen molar-refractivity contribution >= 4 is 50.9 Å². The molecule has 0 spiro atoms. The van der Waals surface area contributed by atoms with Crippen LogP contribution in [0.25, 0.3) is 78.6 Å². The van der Waals surface area contributed by atoms with E-state index in [2.05, 4.69) is 19.9 Å². The van der Waals surface area contributed by atoms with Gasteiger partial charge in [0, 0.05) is 55.5 Å². The van der Waals surface area contributed by atoms with Gasteiger partial charge in [0.2, 0.25) is 11.6 Å². The number of halogens is 10. The van der Waals surface area contributed by atoms with Gasteiger partial charge in [-0.15, -0.1) is 0 Å². The number of hydrogen-bond donors (Lipinski definition) is 4. The molecule has 7 aromatic rings. The highest BCUT2D eigenvalue weighted by Crippen LogP contribution is 2.41. The van der Waals surface area contributed by atoms with Crippen molar-refractivity contribution in [3.8, 4) is 33.4 Å². The summed E-state index contributed by atoms with van der Waals surface area (Å²) in [5.74, 6) is -21.9. The van der Waals surface area contributed by atoms with E-state index in [1.54, 1.807) is 24.3 Å². The van der Waals surface area contributed by atoms with Gasteiger partial charge in [0.15, 0.2) is 46.5 Å². The number of nitrogens with one attached hydrogen (secondary N) is 3. The Kier molecular flexibility index (Phi) is 7.41. The van der Waals surface area contributed by atoms with Gasteiger partial charge in [-0.3, -0.25) is 0 Å². The number of rotatable bonds is 3. The lowest BCUT2D eigenvalue weighted by Crippen LogP contribution is -2.05. The Balaban J connectivity index is 1.61. The van der Waals surface area contributed by atoms with Gasteiger partial charge in [0.1, 0.15) is 0 Å². The quantitative estimate of drug-likeness (QED) is 0.0634. The van der Waals surface area contributed by atoms with Crippen molar-refractivity contribution in [2.24, 2.45) is 0 Å². The maximum Gasteiger partial charge on any atom is 0.200 e. The van der Waals surface area contributed by atoms with E-state index in [0.717, 1.165) is 0 Å². The van der Waals surface area contributed by atoms with Crippen molar-refractivity contribution in [3.05, 3.63) is 130 Å². The SMILES string of the molecule is Nc1ccccc1-c1c2ccc([nH]2)c(-c2c(F)c(F)c(F)c(F)c2F)c2nc(c3ccc([nH]3)c(-c3c(F)c(F)c(F)c(F)c3F)c3ccc1[nH]3)C=C2. The molecule has 0 atom stereocenters. The first-order chi connectivity index (χ1) is 24.9. The predicted molar refractivity (Wildman–Crippen MR) is 175 cm³/mol. The molecule has 1 aliphatic rings. The van der Waals surface area contributed by atoms with Gasteiger partial charge in [-0.2, -0.15) is 0 Å². The largest absolute Gasteiger partial charge is 0.398 e. The number of anilines is 1. The maximum absolute atomic E-state index is 15.5. The molecule has 0 aliphatic carbocycles. The molecule has 260 valence electrons. The van der Waals surface area contributed by atoms with Crippen LogP contribution in [0, 0.1) is 58.2 Å². The molecule has 5 nitrogen and oxygen atoms in total. The highest BCUT2D eigenvalue weighted by atomic mass is 19.2. The molecule has 8 bridgehead atoms. The Hall–Kier alpha value is -6.51. The van der Waals surface area contributed by atoms with Crippen molar-refractivity contribution in [1.82, 2.24) is 19.9 Å². The first-order valence-electron chi connectivity index (χ1n) is 15.1. The monoisotopic (exact) mass is 721 g/mol. The van der Waals surface area contributed by atoms with Crippen LogP contribution in [-0.2, 0) is 0 Å². The topological polar surface area (TPSA) is 86.3 Å². The lowest BCUT2D eigenvalue weighted by molar-refractivity contribution is 0.381. The number of para-hydroxylation sites is 1. The smallest absolute Gasteiger partial charge is 0.200 e. The van der Waals surface area contributed by atoms with E-state index in [0.29, 0.717) is 5.56 Å². The standard InChI is InChI=1S/C37H17F10N5/c38-28-26(29(39)33(43)36(46)32(28)42)24-19-7-5-15(49-19)16-6-8-20(50-16)25(27-30(40)34(44)37(47)35(45)31(27)41)22-12-10-18(52-22)23(17-9-11-21(24)51-17)13-3-1-2-4-14(13)48/h1-12,49,51-52H,48H2. The zero-order valence-corrected chi connectivity index (χ0v) is 25.7. The summed E-state index contributed by atoms with van der Waals surface area (Å²) in [5.41, 5.74) is 3.29. The molecule has 1 aliphatic heterocycles. The number of aromatic nitrogens is 4. The molecule has 15 heteroatoms. The summed E-state index contributed by atoms with van der Waals surface area (Å²) >= 11 is 0. The second kappa shape index (κ2) is 11.8. The summed E-state index contributed by atoms with van der Waals surface area (Å²) in [6, 6.07) is 14.5. The fraction of sp³-hybridized carbons (Fsp3) is 0. The van der Waals surface area contributed by atoms with Crippen LogP contribution in [-0.4, -0.2) is 19.9 Å². The summed E-state index contributed by atoms with van der Waals surface area (Å²) < 4.78 is 149. The van der Waals surface area contributed by atoms with Crippen LogP contribution in [0.2, 0.25) is 0 Å². The van der Waals surface area contributed by atoms with Gasteiger partial charge in [-0.25, -0.2) is 48.9 Å². The third-order valence-corrected chi connectivity index (χ3v) is 8.73. The van der Waals surface area contributed by atoms with Gasteiger partial charge in [0.25, 0.3) is 0 Å². The number of hydrogen-bond acceptors (Lipinski definition) is 2. The minimum Gasteiger partial charge on any atom is -0.398 e. The van der Waals surface area contributed by atoms with Gasteiger partial charge in [0.05, 0.1) is 28.0 Å². The highest BCUT2D eigenvalue weighted by molar-refractivity contribution is 6.02. The molecule has 3 aromatic carbocycles. The van der Waals surface area contributed by atoms with Crippen molar-refractivity contribution in [2.45, 2.75) is 0 Å². The summed E-state index contributed by atoms with van der Waals surface area (Å²) in [6.45, 7) is 0. The minimum atomic E-state index is -2.36. The molecule has 0 fully saturated rings. The molecule has 0 saturated carbocycles. The van der Waals surface area contributed by atoms with Crippen molar-refractivity contribution < 1.29 is 43.9 Å². The lowest BCUT2D eigenvalue weighted by Gasteiger charge is -2.10. The first kappa shape index (κ1) is 32.7. The van der Waals surface area contributed by atoms with Crippen molar-refractivity contribution in [1.29, 1.82) is 0 Å². The average Bonchev–Trinajstić information content (AvgIpc) is 3.97. The Bertz CT molecular complexity index is 2770. The zero-order valence-electron chi connectivity index (χ0n) is 25.7. The van der Waals surface area contributed by atoms with Crippen LogP contribution >= 0.6 is 0 Å². The summed E-state index contributed by atoms with van der Waals surface area (Å²) in [6.07, 6.45) is 2.56. The maximum atomic E-state index is 15.5. The molecule has 52 heavy (non-hydrogen) atoms. The van der Waals surface area contributed by atoms with Crippen LogP contribution in [0.3, 0.4) is 0 Å². The van der Waals surface area contributed by atoms with E-state index in [1.165, 1.54) is 48.6 Å². The molecule has 0 unspecified atom stereocenters. The van der Waals surface area contributed by atoms with E-state index < -0.39 is 80.4 Å². The highest BCUT2D eigenvalue weighted by Gasteiger charge is 2.31. The van der Waals surface area contributed by atoms with Gasteiger partial charge >= 0.3 is 0 Å². The second-order valence-corrected chi connectivity index (χ2v) is 11.7. The third-order valence-electron chi connectivity index (χ3n) is 8.73. The molecule has 5 heterocycles. The van der Waals surface area contributed by atoms with Crippen LogP contribution in [0.15, 0.2) is 60.7 Å². The van der Waals surface area contributed by atoms with E-state index in [4.69, 9.17) is 5.73 Å². The van der Waals surface area contributed by atoms with Gasteiger partial charge in [-0.1, -0.05) is 18.2 Å². The third kappa shape index (κ3) is 4.76. The van der Waals surface area contributed by atoms with Crippen LogP contribution in [0.4, 0.5) is 49.6 Å². The minimum absolute atomic E-state index is 0.0116. The fourth-order valence-corrected chi connectivity index (χ4v) is 6.34. The molecule has 8 rings (SSSR count). The Morgan fingerprint density at radius 3 is 1.23 bits per heavy atom. The normalized spacial score (nSPS) is 12.0. The molecule has 0 amide bonds. The molecule has 5 N–H and O–H groups in total. The molecular weight excluding hydrogens is 704 g/mol. The van der Waals surface area contributed by atoms with Crippen LogP contribution in [0.5, 0.6) is 0 Å². The Morgan fingerprint density at radius 2 is 0.731 bits per heavy atom. The number of nitrogens with two attached hydrogens (primary N) is 1. The Morgan fingerprint density at radius 1 is 0.365 bits per heavy atom. The number of fused-ring (bicyclic) bond motifs is 9.